The van der Waals surface area contributed by atoms with Gasteiger partial charge >= 0.3 is 0 Å². The average molecular weight is 160 g/mol. The second-order valence-corrected chi connectivity index (χ2v) is 5.57. The highest BCUT2D eigenvalue weighted by atomic mass is 14.8. The Morgan fingerprint density at radius 3 is 1.75 bits per heavy atom. The van der Waals surface area contributed by atoms with Crippen LogP contribution in [-0.4, -0.2) is 0 Å². The molecule has 4 unspecified atom stereocenters. The van der Waals surface area contributed by atoms with Gasteiger partial charge in [-0.15, -0.1) is 0 Å². The maximum atomic E-state index is 2.40. The molecule has 0 amide bonds. The van der Waals surface area contributed by atoms with Gasteiger partial charge in [-0.05, 0) is 62.2 Å². The van der Waals surface area contributed by atoms with Crippen molar-refractivity contribution in [2.75, 3.05) is 0 Å². The molecular formula is C12H16. The predicted molar refractivity (Wildman–Crippen MR) is 48.6 cm³/mol. The Balaban J connectivity index is 1.88. The zero-order valence-corrected chi connectivity index (χ0v) is 7.93. The smallest absolute Gasteiger partial charge is 0.0109 e. The summed E-state index contributed by atoms with van der Waals surface area (Å²) in [6.45, 7) is 4.80. The SMILES string of the molecule is CC1=C(C)C2CC3CC4CC1C432. The molecule has 4 aliphatic carbocycles. The minimum atomic E-state index is 0.897. The predicted octanol–water partition coefficient (Wildman–Crippen LogP) is 3.00. The molecule has 12 heavy (non-hydrogen) atoms. The Morgan fingerprint density at radius 2 is 1.42 bits per heavy atom. The third-order valence-corrected chi connectivity index (χ3v) is 5.90. The highest BCUT2D eigenvalue weighted by Gasteiger charge is 2.77. The fraction of sp³-hybridized carbons (Fsp3) is 0.833. The van der Waals surface area contributed by atoms with Crippen molar-refractivity contribution in [2.45, 2.75) is 33.1 Å². The van der Waals surface area contributed by atoms with Gasteiger partial charge in [-0.25, -0.2) is 0 Å². The summed E-state index contributed by atoms with van der Waals surface area (Å²) in [7, 11) is 0. The van der Waals surface area contributed by atoms with Gasteiger partial charge in [0.2, 0.25) is 0 Å². The lowest BCUT2D eigenvalue weighted by Gasteiger charge is -2.76. The molecule has 0 saturated heterocycles. The fourth-order valence-electron chi connectivity index (χ4n) is 5.22. The molecule has 1 spiro atoms. The van der Waals surface area contributed by atoms with Crippen molar-refractivity contribution < 1.29 is 0 Å². The summed E-state index contributed by atoms with van der Waals surface area (Å²) in [6.07, 6.45) is 4.69. The van der Waals surface area contributed by atoms with Crippen LogP contribution in [0.4, 0.5) is 0 Å². The second-order valence-electron chi connectivity index (χ2n) is 5.57. The van der Waals surface area contributed by atoms with E-state index in [1.54, 1.807) is 30.4 Å². The molecule has 0 heteroatoms. The molecule has 0 aromatic rings. The van der Waals surface area contributed by atoms with E-state index < -0.39 is 0 Å². The van der Waals surface area contributed by atoms with Crippen LogP contribution in [0.25, 0.3) is 0 Å². The molecule has 4 aliphatic rings. The monoisotopic (exact) mass is 160 g/mol. The van der Waals surface area contributed by atoms with Crippen LogP contribution < -0.4 is 0 Å². The van der Waals surface area contributed by atoms with E-state index in [2.05, 4.69) is 13.8 Å². The zero-order valence-electron chi connectivity index (χ0n) is 7.93. The van der Waals surface area contributed by atoms with Crippen LogP contribution in [0.5, 0.6) is 0 Å². The Morgan fingerprint density at radius 1 is 0.917 bits per heavy atom. The average Bonchev–Trinajstić information content (AvgIpc) is 2.17. The van der Waals surface area contributed by atoms with Gasteiger partial charge in [0, 0.05) is 0 Å². The molecule has 0 aliphatic heterocycles. The van der Waals surface area contributed by atoms with Crippen LogP contribution in [0.1, 0.15) is 33.1 Å². The summed E-state index contributed by atoms with van der Waals surface area (Å²) >= 11 is 0. The van der Waals surface area contributed by atoms with Crippen molar-refractivity contribution in [3.8, 4) is 0 Å². The molecule has 0 heterocycles. The van der Waals surface area contributed by atoms with Crippen molar-refractivity contribution in [3.63, 3.8) is 0 Å². The molecule has 0 aromatic heterocycles. The summed E-state index contributed by atoms with van der Waals surface area (Å²) in [5.41, 5.74) is 4.48. The van der Waals surface area contributed by atoms with Gasteiger partial charge in [-0.1, -0.05) is 11.1 Å². The van der Waals surface area contributed by atoms with E-state index >= 15 is 0 Å². The Bertz CT molecular complexity index is 280. The maximum absolute atomic E-state index is 2.40. The van der Waals surface area contributed by atoms with Crippen LogP contribution in [0, 0.1) is 29.1 Å². The molecule has 0 bridgehead atoms. The van der Waals surface area contributed by atoms with Crippen molar-refractivity contribution in [1.29, 1.82) is 0 Å². The number of hydrogen-bond acceptors (Lipinski definition) is 0. The minimum Gasteiger partial charge on any atom is -0.0704 e. The van der Waals surface area contributed by atoms with Crippen molar-refractivity contribution in [2.24, 2.45) is 29.1 Å². The van der Waals surface area contributed by atoms with E-state index in [0.717, 1.165) is 17.3 Å². The van der Waals surface area contributed by atoms with Gasteiger partial charge in [0.15, 0.2) is 0 Å². The van der Waals surface area contributed by atoms with E-state index in [-0.39, 0.29) is 0 Å². The van der Waals surface area contributed by atoms with Gasteiger partial charge in [0.25, 0.3) is 0 Å². The molecule has 64 valence electrons. The van der Waals surface area contributed by atoms with E-state index in [1.807, 2.05) is 0 Å². The molecule has 4 rings (SSSR count). The van der Waals surface area contributed by atoms with Gasteiger partial charge < -0.3 is 0 Å². The molecule has 3 saturated carbocycles. The maximum Gasteiger partial charge on any atom is -0.0109 e. The van der Waals surface area contributed by atoms with Gasteiger partial charge in [-0.2, -0.15) is 0 Å². The number of hydrogen-bond donors (Lipinski definition) is 0. The first-order valence-electron chi connectivity index (χ1n) is 5.43. The lowest BCUT2D eigenvalue weighted by Crippen LogP contribution is -2.70. The lowest BCUT2D eigenvalue weighted by molar-refractivity contribution is -0.271. The van der Waals surface area contributed by atoms with E-state index in [4.69, 9.17) is 0 Å². The summed E-state index contributed by atoms with van der Waals surface area (Å²) in [6, 6.07) is 0. The molecule has 4 atom stereocenters. The van der Waals surface area contributed by atoms with Gasteiger partial charge in [0.1, 0.15) is 0 Å². The van der Waals surface area contributed by atoms with Gasteiger partial charge in [-0.3, -0.25) is 0 Å². The lowest BCUT2D eigenvalue weighted by atomic mass is 9.27. The molecular weight excluding hydrogens is 144 g/mol. The molecule has 0 aromatic carbocycles. The first kappa shape index (κ1) is 6.23. The second kappa shape index (κ2) is 1.42. The van der Waals surface area contributed by atoms with Crippen LogP contribution in [0.2, 0.25) is 0 Å². The van der Waals surface area contributed by atoms with Crippen molar-refractivity contribution in [3.05, 3.63) is 11.1 Å². The standard InChI is InChI=1S/C12H16/c1-6-7(2)11-5-9-3-8-4-10(6)12(8,9)11/h8-11H,3-5H2,1-2H3. The quantitative estimate of drug-likeness (QED) is 0.478. The summed E-state index contributed by atoms with van der Waals surface area (Å²) < 4.78 is 0. The third kappa shape index (κ3) is 0.326. The van der Waals surface area contributed by atoms with E-state index in [1.165, 1.54) is 11.8 Å². The Labute approximate surface area is 74.0 Å². The van der Waals surface area contributed by atoms with Crippen LogP contribution in [-0.2, 0) is 0 Å². The minimum absolute atomic E-state index is 0.897. The zero-order chi connectivity index (χ0) is 8.09. The van der Waals surface area contributed by atoms with Crippen LogP contribution in [0.15, 0.2) is 11.1 Å². The number of allylic oxidation sites excluding steroid dienone is 2. The number of rotatable bonds is 0. The first-order chi connectivity index (χ1) is 5.76. The highest BCUT2D eigenvalue weighted by molar-refractivity contribution is 5.42. The Kier molecular flexibility index (Phi) is 0.740. The summed E-state index contributed by atoms with van der Waals surface area (Å²) in [5.74, 6) is 4.44. The van der Waals surface area contributed by atoms with E-state index in [0.29, 0.717) is 0 Å². The van der Waals surface area contributed by atoms with Crippen LogP contribution >= 0.6 is 0 Å². The van der Waals surface area contributed by atoms with Crippen molar-refractivity contribution >= 4 is 0 Å². The normalized spacial score (nSPS) is 64.5. The molecule has 0 radical (unpaired) electrons. The largest absolute Gasteiger partial charge is 0.0704 e. The first-order valence-corrected chi connectivity index (χ1v) is 5.43. The molecule has 0 N–H and O–H groups in total. The molecule has 0 nitrogen and oxygen atoms in total. The topological polar surface area (TPSA) is 0 Å². The Hall–Kier alpha value is -0.260. The fourth-order valence-corrected chi connectivity index (χ4v) is 5.22. The van der Waals surface area contributed by atoms with Crippen LogP contribution in [0.3, 0.4) is 0 Å². The van der Waals surface area contributed by atoms with Crippen molar-refractivity contribution in [1.82, 2.24) is 0 Å². The van der Waals surface area contributed by atoms with E-state index in [9.17, 15) is 0 Å². The summed E-state index contributed by atoms with van der Waals surface area (Å²) in [4.78, 5) is 0. The highest BCUT2D eigenvalue weighted by Crippen LogP contribution is 2.84. The summed E-state index contributed by atoms with van der Waals surface area (Å²) in [5, 5.41) is 0. The molecule has 3 fully saturated rings. The van der Waals surface area contributed by atoms with Gasteiger partial charge in [0.05, 0.1) is 0 Å². The third-order valence-electron chi connectivity index (χ3n) is 5.90.